The molecule has 74 valence electrons. The number of carbonyl (C=O) groups is 1. The first-order valence-corrected chi connectivity index (χ1v) is 5.45. The van der Waals surface area contributed by atoms with E-state index in [0.29, 0.717) is 11.7 Å². The molecule has 0 unspecified atom stereocenters. The van der Waals surface area contributed by atoms with Gasteiger partial charge in [0.25, 0.3) is 0 Å². The van der Waals surface area contributed by atoms with Crippen molar-refractivity contribution in [2.45, 2.75) is 38.0 Å². The Balaban J connectivity index is 2.04. The molecule has 0 aliphatic heterocycles. The first-order valence-electron chi connectivity index (χ1n) is 5.45. The Morgan fingerprint density at radius 3 is 3.14 bits per heavy atom. The van der Waals surface area contributed by atoms with Crippen molar-refractivity contribution >= 4 is 5.78 Å². The highest BCUT2D eigenvalue weighted by atomic mass is 16.3. The second kappa shape index (κ2) is 2.97. The average molecular weight is 190 g/mol. The summed E-state index contributed by atoms with van der Waals surface area (Å²) in [5.74, 6) is 2.04. The summed E-state index contributed by atoms with van der Waals surface area (Å²) in [6, 6.07) is 2.02. The molecule has 0 N–H and O–H groups in total. The fourth-order valence-electron chi connectivity index (χ4n) is 2.96. The number of aryl methyl sites for hydroxylation is 1. The third-order valence-electron chi connectivity index (χ3n) is 3.66. The molecule has 2 heteroatoms. The van der Waals surface area contributed by atoms with Crippen LogP contribution in [-0.2, 0) is 11.2 Å². The van der Waals surface area contributed by atoms with E-state index in [1.165, 1.54) is 18.4 Å². The third-order valence-corrected chi connectivity index (χ3v) is 3.66. The molecule has 2 atom stereocenters. The molecule has 0 amide bonds. The molecule has 1 aromatic rings. The van der Waals surface area contributed by atoms with Crippen molar-refractivity contribution in [3.63, 3.8) is 0 Å². The zero-order chi connectivity index (χ0) is 9.54. The van der Waals surface area contributed by atoms with Crippen LogP contribution in [0.3, 0.4) is 0 Å². The molecule has 1 saturated carbocycles. The van der Waals surface area contributed by atoms with Crippen LogP contribution in [0.25, 0.3) is 0 Å². The van der Waals surface area contributed by atoms with E-state index in [9.17, 15) is 4.79 Å². The van der Waals surface area contributed by atoms with Gasteiger partial charge in [-0.25, -0.2) is 0 Å². The largest absolute Gasteiger partial charge is 0.468 e. The molecule has 0 spiro atoms. The van der Waals surface area contributed by atoms with Gasteiger partial charge in [0.1, 0.15) is 11.5 Å². The predicted octanol–water partition coefficient (Wildman–Crippen LogP) is 2.68. The van der Waals surface area contributed by atoms with Gasteiger partial charge in [-0.1, -0.05) is 0 Å². The van der Waals surface area contributed by atoms with Gasteiger partial charge < -0.3 is 4.42 Å². The van der Waals surface area contributed by atoms with Crippen molar-refractivity contribution in [1.82, 2.24) is 0 Å². The highest BCUT2D eigenvalue weighted by Gasteiger charge is 2.38. The van der Waals surface area contributed by atoms with Crippen LogP contribution in [0.2, 0.25) is 0 Å². The van der Waals surface area contributed by atoms with Crippen LogP contribution < -0.4 is 0 Å². The van der Waals surface area contributed by atoms with Crippen molar-refractivity contribution in [1.29, 1.82) is 0 Å². The summed E-state index contributed by atoms with van der Waals surface area (Å²) in [7, 11) is 0. The van der Waals surface area contributed by atoms with Crippen LogP contribution in [0.4, 0.5) is 0 Å². The van der Waals surface area contributed by atoms with E-state index in [-0.39, 0.29) is 5.92 Å². The van der Waals surface area contributed by atoms with Crippen molar-refractivity contribution in [3.8, 4) is 0 Å². The Bertz CT molecular complexity index is 364. The maximum absolute atomic E-state index is 11.8. The zero-order valence-corrected chi connectivity index (χ0v) is 8.16. The van der Waals surface area contributed by atoms with E-state index in [0.717, 1.165) is 25.0 Å². The molecule has 2 aliphatic carbocycles. The number of ketones is 1. The van der Waals surface area contributed by atoms with Crippen molar-refractivity contribution < 1.29 is 9.21 Å². The molecule has 1 fully saturated rings. The number of rotatable bonds is 0. The quantitative estimate of drug-likeness (QED) is 0.629. The lowest BCUT2D eigenvalue weighted by molar-refractivity contribution is -0.124. The van der Waals surface area contributed by atoms with Crippen LogP contribution in [0.1, 0.15) is 42.9 Å². The van der Waals surface area contributed by atoms with Gasteiger partial charge in [-0.2, -0.15) is 0 Å². The minimum atomic E-state index is 0.0995. The standard InChI is InChI=1S/C12H14O2/c13-10-3-1-2-8-4-5-9-6-7-14-12(9)11(8)10/h6-8,11H,1-5H2/t8-,11+/m1/s1. The van der Waals surface area contributed by atoms with Gasteiger partial charge in [0, 0.05) is 6.42 Å². The fraction of sp³-hybridized carbons (Fsp3) is 0.583. The van der Waals surface area contributed by atoms with Gasteiger partial charge in [-0.05, 0) is 43.2 Å². The number of hydrogen-bond acceptors (Lipinski definition) is 2. The van der Waals surface area contributed by atoms with Crippen LogP contribution in [0.5, 0.6) is 0 Å². The predicted molar refractivity (Wildman–Crippen MR) is 52.1 cm³/mol. The van der Waals surface area contributed by atoms with Crippen LogP contribution in [0.15, 0.2) is 16.7 Å². The molecule has 0 radical (unpaired) electrons. The van der Waals surface area contributed by atoms with Crippen molar-refractivity contribution in [2.24, 2.45) is 5.92 Å². The van der Waals surface area contributed by atoms with E-state index in [2.05, 4.69) is 0 Å². The second-order valence-electron chi connectivity index (χ2n) is 4.45. The summed E-state index contributed by atoms with van der Waals surface area (Å²) in [4.78, 5) is 11.8. The summed E-state index contributed by atoms with van der Waals surface area (Å²) < 4.78 is 5.48. The van der Waals surface area contributed by atoms with Crippen LogP contribution >= 0.6 is 0 Å². The maximum Gasteiger partial charge on any atom is 0.143 e. The highest BCUT2D eigenvalue weighted by Crippen LogP contribution is 2.43. The van der Waals surface area contributed by atoms with E-state index in [4.69, 9.17) is 4.42 Å². The normalized spacial score (nSPS) is 31.0. The number of hydrogen-bond donors (Lipinski definition) is 0. The van der Waals surface area contributed by atoms with Gasteiger partial charge in [0.05, 0.1) is 12.2 Å². The molecular formula is C12H14O2. The van der Waals surface area contributed by atoms with Gasteiger partial charge in [-0.3, -0.25) is 4.79 Å². The van der Waals surface area contributed by atoms with Crippen LogP contribution in [-0.4, -0.2) is 5.78 Å². The molecule has 1 aromatic heterocycles. The van der Waals surface area contributed by atoms with Crippen LogP contribution in [0, 0.1) is 5.92 Å². The Morgan fingerprint density at radius 1 is 1.29 bits per heavy atom. The van der Waals surface area contributed by atoms with Gasteiger partial charge >= 0.3 is 0 Å². The molecule has 3 rings (SSSR count). The minimum absolute atomic E-state index is 0.0995. The smallest absolute Gasteiger partial charge is 0.143 e. The minimum Gasteiger partial charge on any atom is -0.468 e. The van der Waals surface area contributed by atoms with Crippen molar-refractivity contribution in [3.05, 3.63) is 23.7 Å². The van der Waals surface area contributed by atoms with E-state index in [1.807, 2.05) is 6.07 Å². The summed E-state index contributed by atoms with van der Waals surface area (Å²) in [5.41, 5.74) is 1.27. The average Bonchev–Trinajstić information content (AvgIpc) is 2.65. The summed E-state index contributed by atoms with van der Waals surface area (Å²) in [6.45, 7) is 0. The lowest BCUT2D eigenvalue weighted by Crippen LogP contribution is -2.30. The highest BCUT2D eigenvalue weighted by molar-refractivity contribution is 5.86. The third kappa shape index (κ3) is 1.06. The maximum atomic E-state index is 11.8. The number of Topliss-reactive ketones (excluding diaryl/α,β-unsaturated/α-hetero) is 1. The molecule has 14 heavy (non-hydrogen) atoms. The number of fused-ring (bicyclic) bond motifs is 3. The van der Waals surface area contributed by atoms with Crippen molar-refractivity contribution in [2.75, 3.05) is 0 Å². The first-order chi connectivity index (χ1) is 6.86. The molecule has 2 aliphatic rings. The van der Waals surface area contributed by atoms with Gasteiger partial charge in [0.15, 0.2) is 0 Å². The SMILES string of the molecule is O=C1CCC[C@@H]2CCc3ccoc3[C@H]12. The lowest BCUT2D eigenvalue weighted by Gasteiger charge is -2.33. The van der Waals surface area contributed by atoms with Gasteiger partial charge in [-0.15, -0.1) is 0 Å². The number of carbonyl (C=O) groups excluding carboxylic acids is 1. The topological polar surface area (TPSA) is 30.2 Å². The van der Waals surface area contributed by atoms with E-state index >= 15 is 0 Å². The Morgan fingerprint density at radius 2 is 2.21 bits per heavy atom. The fourth-order valence-corrected chi connectivity index (χ4v) is 2.96. The molecule has 1 heterocycles. The number of furan rings is 1. The Hall–Kier alpha value is -1.05. The monoisotopic (exact) mass is 190 g/mol. The Kier molecular flexibility index (Phi) is 1.76. The zero-order valence-electron chi connectivity index (χ0n) is 8.16. The first kappa shape index (κ1) is 8.27. The molecule has 0 bridgehead atoms. The Labute approximate surface area is 83.3 Å². The lowest BCUT2D eigenvalue weighted by atomic mass is 9.70. The van der Waals surface area contributed by atoms with E-state index in [1.54, 1.807) is 6.26 Å². The summed E-state index contributed by atoms with van der Waals surface area (Å²) in [6.07, 6.45) is 7.03. The summed E-state index contributed by atoms with van der Waals surface area (Å²) in [5, 5.41) is 0. The molecule has 0 aromatic carbocycles. The molecule has 2 nitrogen and oxygen atoms in total. The second-order valence-corrected chi connectivity index (χ2v) is 4.45. The molecule has 0 saturated heterocycles. The summed E-state index contributed by atoms with van der Waals surface area (Å²) >= 11 is 0. The molecular weight excluding hydrogens is 176 g/mol. The van der Waals surface area contributed by atoms with E-state index < -0.39 is 0 Å². The van der Waals surface area contributed by atoms with Gasteiger partial charge in [0.2, 0.25) is 0 Å².